The van der Waals surface area contributed by atoms with Gasteiger partial charge in [-0.2, -0.15) is 0 Å². The van der Waals surface area contributed by atoms with Crippen LogP contribution in [0.15, 0.2) is 22.8 Å². The Kier molecular flexibility index (Phi) is 7.57. The predicted octanol–water partition coefficient (Wildman–Crippen LogP) is 8.87. The molecule has 3 aliphatic carbocycles. The van der Waals surface area contributed by atoms with E-state index in [0.29, 0.717) is 16.7 Å². The van der Waals surface area contributed by atoms with Crippen LogP contribution in [0.1, 0.15) is 126 Å². The number of fused-ring (bicyclic) bond motifs is 2. The maximum Gasteiger partial charge on any atom is 0.0594 e. The third kappa shape index (κ3) is 5.02. The molecule has 0 radical (unpaired) electrons. The molecule has 3 aliphatic rings. The van der Waals surface area contributed by atoms with Gasteiger partial charge >= 0.3 is 0 Å². The van der Waals surface area contributed by atoms with Crippen molar-refractivity contribution in [2.24, 2.45) is 34.0 Å². The summed E-state index contributed by atoms with van der Waals surface area (Å²) in [5.41, 5.74) is 5.76. The summed E-state index contributed by atoms with van der Waals surface area (Å²) in [6.07, 6.45) is 16.4. The fourth-order valence-electron chi connectivity index (χ4n) is 7.88. The summed E-state index contributed by atoms with van der Waals surface area (Å²) in [6.45, 7) is 19.3. The lowest BCUT2D eigenvalue weighted by Gasteiger charge is -2.58. The highest BCUT2D eigenvalue weighted by atomic mass is 16.3. The molecule has 0 amide bonds. The Morgan fingerprint density at radius 2 is 1.68 bits per heavy atom. The molecular weight excluding hydrogens is 376 g/mol. The molecule has 0 saturated heterocycles. The molecule has 0 spiro atoms. The van der Waals surface area contributed by atoms with Gasteiger partial charge in [-0.05, 0) is 118 Å². The van der Waals surface area contributed by atoms with Crippen molar-refractivity contribution in [3.05, 3.63) is 22.8 Å². The fraction of sp³-hybridized carbons (Fsp3) is 0.867. The summed E-state index contributed by atoms with van der Waals surface area (Å²) < 4.78 is 0. The van der Waals surface area contributed by atoms with Crippen molar-refractivity contribution in [3.8, 4) is 0 Å². The van der Waals surface area contributed by atoms with E-state index in [1.165, 1.54) is 69.8 Å². The minimum absolute atomic E-state index is 0.0378. The van der Waals surface area contributed by atoms with Gasteiger partial charge < -0.3 is 5.11 Å². The van der Waals surface area contributed by atoms with Gasteiger partial charge in [-0.15, -0.1) is 0 Å². The molecule has 1 N–H and O–H groups in total. The Balaban J connectivity index is 1.82. The number of hydrogen-bond donors (Lipinski definition) is 1. The van der Waals surface area contributed by atoms with E-state index < -0.39 is 0 Å². The van der Waals surface area contributed by atoms with Crippen LogP contribution in [0.25, 0.3) is 0 Å². The standard InChI is InChI=1S/C30H52O/c1-21(2)11-9-12-22(3)23-13-10-14-25-24(28(4,5)19-17-23)15-16-26-29(6,7)27(31)18-20-30(25,26)8/h11,22-23,26-27,31H,9-10,12-20H2,1-8H3. The maximum absolute atomic E-state index is 10.8. The number of allylic oxidation sites excluding steroid dienone is 4. The Hall–Kier alpha value is -0.560. The van der Waals surface area contributed by atoms with Gasteiger partial charge in [-0.25, -0.2) is 0 Å². The zero-order valence-electron chi connectivity index (χ0n) is 22.1. The van der Waals surface area contributed by atoms with Gasteiger partial charge in [-0.1, -0.05) is 64.3 Å². The van der Waals surface area contributed by atoms with E-state index in [-0.39, 0.29) is 11.5 Å². The third-order valence-corrected chi connectivity index (χ3v) is 10.1. The van der Waals surface area contributed by atoms with Crippen molar-refractivity contribution in [3.63, 3.8) is 0 Å². The molecule has 178 valence electrons. The van der Waals surface area contributed by atoms with E-state index in [9.17, 15) is 5.11 Å². The first-order chi connectivity index (χ1) is 14.4. The largest absolute Gasteiger partial charge is 0.393 e. The quantitative estimate of drug-likeness (QED) is 0.443. The van der Waals surface area contributed by atoms with Gasteiger partial charge in [0.15, 0.2) is 0 Å². The second-order valence-electron chi connectivity index (χ2n) is 13.3. The highest BCUT2D eigenvalue weighted by Crippen LogP contribution is 2.62. The monoisotopic (exact) mass is 428 g/mol. The smallest absolute Gasteiger partial charge is 0.0594 e. The lowest BCUT2D eigenvalue weighted by atomic mass is 9.47. The van der Waals surface area contributed by atoms with Crippen LogP contribution in [0.2, 0.25) is 0 Å². The molecule has 5 atom stereocenters. The van der Waals surface area contributed by atoms with Crippen LogP contribution in [0.5, 0.6) is 0 Å². The highest BCUT2D eigenvalue weighted by Gasteiger charge is 2.54. The number of rotatable bonds is 4. The first-order valence-corrected chi connectivity index (χ1v) is 13.4. The van der Waals surface area contributed by atoms with Gasteiger partial charge in [0.2, 0.25) is 0 Å². The van der Waals surface area contributed by atoms with E-state index in [4.69, 9.17) is 0 Å². The summed E-state index contributed by atoms with van der Waals surface area (Å²) in [7, 11) is 0. The van der Waals surface area contributed by atoms with Gasteiger partial charge in [0, 0.05) is 0 Å². The first kappa shape index (κ1) is 25.1. The van der Waals surface area contributed by atoms with Crippen LogP contribution in [-0.2, 0) is 0 Å². The minimum Gasteiger partial charge on any atom is -0.393 e. The zero-order valence-corrected chi connectivity index (χ0v) is 22.1. The molecule has 5 unspecified atom stereocenters. The molecule has 0 aromatic heterocycles. The SMILES string of the molecule is CC(C)=CCCC(C)C1CCCC2=C(CCC3C2(C)CCC(O)C3(C)C)C(C)(C)CC1. The number of hydrogen-bond acceptors (Lipinski definition) is 1. The summed E-state index contributed by atoms with van der Waals surface area (Å²) >= 11 is 0. The first-order valence-electron chi connectivity index (χ1n) is 13.4. The molecule has 1 saturated carbocycles. The molecule has 31 heavy (non-hydrogen) atoms. The molecule has 0 aromatic carbocycles. The summed E-state index contributed by atoms with van der Waals surface area (Å²) in [5.74, 6) is 2.32. The lowest BCUT2D eigenvalue weighted by molar-refractivity contribution is -0.0906. The molecule has 3 rings (SSSR count). The number of aliphatic hydroxyl groups excluding tert-OH is 1. The van der Waals surface area contributed by atoms with Crippen molar-refractivity contribution in [1.82, 2.24) is 0 Å². The van der Waals surface area contributed by atoms with Crippen LogP contribution >= 0.6 is 0 Å². The van der Waals surface area contributed by atoms with E-state index in [1.807, 2.05) is 11.1 Å². The third-order valence-electron chi connectivity index (χ3n) is 10.1. The van der Waals surface area contributed by atoms with Crippen LogP contribution in [0.4, 0.5) is 0 Å². The molecule has 0 aromatic rings. The minimum atomic E-state index is -0.136. The van der Waals surface area contributed by atoms with Crippen molar-refractivity contribution in [2.45, 2.75) is 132 Å². The van der Waals surface area contributed by atoms with Crippen LogP contribution < -0.4 is 0 Å². The Bertz CT molecular complexity index is 689. The molecule has 0 heterocycles. The average Bonchev–Trinajstić information content (AvgIpc) is 2.73. The fourth-order valence-corrected chi connectivity index (χ4v) is 7.88. The Morgan fingerprint density at radius 3 is 2.35 bits per heavy atom. The van der Waals surface area contributed by atoms with Crippen LogP contribution in [0.3, 0.4) is 0 Å². The average molecular weight is 429 g/mol. The van der Waals surface area contributed by atoms with E-state index in [1.54, 1.807) is 0 Å². The number of aliphatic hydroxyl groups is 1. The summed E-state index contributed by atoms with van der Waals surface area (Å²) in [4.78, 5) is 0. The van der Waals surface area contributed by atoms with Crippen LogP contribution in [-0.4, -0.2) is 11.2 Å². The van der Waals surface area contributed by atoms with Crippen molar-refractivity contribution in [1.29, 1.82) is 0 Å². The molecule has 0 aliphatic heterocycles. The van der Waals surface area contributed by atoms with Crippen LogP contribution in [0, 0.1) is 34.0 Å². The topological polar surface area (TPSA) is 20.2 Å². The second-order valence-corrected chi connectivity index (χ2v) is 13.3. The molecule has 1 fully saturated rings. The second kappa shape index (κ2) is 9.36. The summed E-state index contributed by atoms with van der Waals surface area (Å²) in [5, 5.41) is 10.8. The van der Waals surface area contributed by atoms with E-state index in [2.05, 4.69) is 61.5 Å². The normalized spacial score (nSPS) is 36.4. The molecule has 1 nitrogen and oxygen atoms in total. The van der Waals surface area contributed by atoms with E-state index in [0.717, 1.165) is 18.3 Å². The van der Waals surface area contributed by atoms with Crippen molar-refractivity contribution < 1.29 is 5.11 Å². The molecule has 0 bridgehead atoms. The summed E-state index contributed by atoms with van der Waals surface area (Å²) in [6, 6.07) is 0. The van der Waals surface area contributed by atoms with E-state index >= 15 is 0 Å². The van der Waals surface area contributed by atoms with Crippen molar-refractivity contribution >= 4 is 0 Å². The Morgan fingerprint density at radius 1 is 0.968 bits per heavy atom. The Labute approximate surface area is 194 Å². The molecular formula is C30H52O. The van der Waals surface area contributed by atoms with Gasteiger partial charge in [-0.3, -0.25) is 0 Å². The van der Waals surface area contributed by atoms with Gasteiger partial charge in [0.1, 0.15) is 0 Å². The predicted molar refractivity (Wildman–Crippen MR) is 135 cm³/mol. The zero-order chi connectivity index (χ0) is 23.0. The van der Waals surface area contributed by atoms with Crippen molar-refractivity contribution in [2.75, 3.05) is 0 Å². The maximum atomic E-state index is 10.8. The van der Waals surface area contributed by atoms with Gasteiger partial charge in [0.05, 0.1) is 6.10 Å². The highest BCUT2D eigenvalue weighted by molar-refractivity contribution is 5.33. The lowest BCUT2D eigenvalue weighted by Crippen LogP contribution is -2.52. The van der Waals surface area contributed by atoms with Gasteiger partial charge in [0.25, 0.3) is 0 Å². The molecule has 1 heteroatoms.